The number of carbonyl (C=O) groups is 2. The number of carboxylic acid groups (broad SMARTS) is 2. The standard InChI is InChI=1S/C14H19N3O4/c18-13(19)9-1-2-10-11(14(20)21)16-12(17(10)7-9)8-3-5-15-6-4-8/h8-9,15H,1-7H2,(H,18,19)(H,20,21). The minimum Gasteiger partial charge on any atom is -0.481 e. The van der Waals surface area contributed by atoms with Crippen LogP contribution in [-0.2, 0) is 17.8 Å². The van der Waals surface area contributed by atoms with E-state index in [2.05, 4.69) is 10.3 Å². The van der Waals surface area contributed by atoms with Crippen LogP contribution in [0.5, 0.6) is 0 Å². The molecule has 3 rings (SSSR count). The lowest BCUT2D eigenvalue weighted by molar-refractivity contribution is -0.142. The lowest BCUT2D eigenvalue weighted by atomic mass is 9.94. The second-order valence-corrected chi connectivity index (χ2v) is 5.78. The van der Waals surface area contributed by atoms with Crippen LogP contribution in [0.2, 0.25) is 0 Å². The molecule has 1 atom stereocenters. The molecule has 3 heterocycles. The van der Waals surface area contributed by atoms with Crippen molar-refractivity contribution in [3.05, 3.63) is 17.2 Å². The molecule has 0 aliphatic carbocycles. The third kappa shape index (κ3) is 2.53. The van der Waals surface area contributed by atoms with Gasteiger partial charge in [0.25, 0.3) is 0 Å². The smallest absolute Gasteiger partial charge is 0.356 e. The summed E-state index contributed by atoms with van der Waals surface area (Å²) in [4.78, 5) is 27.0. The number of imidazole rings is 1. The topological polar surface area (TPSA) is 104 Å². The van der Waals surface area contributed by atoms with Crippen molar-refractivity contribution < 1.29 is 19.8 Å². The van der Waals surface area contributed by atoms with Crippen LogP contribution in [-0.4, -0.2) is 44.8 Å². The fraction of sp³-hybridized carbons (Fsp3) is 0.643. The minimum atomic E-state index is -1.02. The third-order valence-corrected chi connectivity index (χ3v) is 4.49. The van der Waals surface area contributed by atoms with Crippen LogP contribution in [0.3, 0.4) is 0 Å². The second kappa shape index (κ2) is 5.48. The van der Waals surface area contributed by atoms with Crippen molar-refractivity contribution in [3.63, 3.8) is 0 Å². The summed E-state index contributed by atoms with van der Waals surface area (Å²) in [6.45, 7) is 2.11. The van der Waals surface area contributed by atoms with Crippen molar-refractivity contribution in [2.45, 2.75) is 38.1 Å². The number of nitrogens with zero attached hydrogens (tertiary/aromatic N) is 2. The van der Waals surface area contributed by atoms with Gasteiger partial charge in [0, 0.05) is 12.5 Å². The molecule has 1 fully saturated rings. The van der Waals surface area contributed by atoms with Crippen LogP contribution in [0, 0.1) is 5.92 Å². The molecule has 0 spiro atoms. The Bertz CT molecular complexity index is 575. The van der Waals surface area contributed by atoms with E-state index >= 15 is 0 Å². The van der Waals surface area contributed by atoms with E-state index in [1.165, 1.54) is 0 Å². The van der Waals surface area contributed by atoms with Crippen LogP contribution in [0.25, 0.3) is 0 Å². The van der Waals surface area contributed by atoms with Crippen molar-refractivity contribution in [2.75, 3.05) is 13.1 Å². The van der Waals surface area contributed by atoms with Gasteiger partial charge in [0.15, 0.2) is 5.69 Å². The molecule has 0 bridgehead atoms. The number of carboxylic acids is 2. The average molecular weight is 293 g/mol. The predicted molar refractivity (Wildman–Crippen MR) is 73.5 cm³/mol. The van der Waals surface area contributed by atoms with Gasteiger partial charge < -0.3 is 20.1 Å². The number of piperidine rings is 1. The zero-order valence-corrected chi connectivity index (χ0v) is 11.7. The number of nitrogens with one attached hydrogen (secondary N) is 1. The van der Waals surface area contributed by atoms with Crippen LogP contribution in [0.15, 0.2) is 0 Å². The highest BCUT2D eigenvalue weighted by Gasteiger charge is 2.33. The lowest BCUT2D eigenvalue weighted by Gasteiger charge is -2.27. The van der Waals surface area contributed by atoms with Crippen molar-refractivity contribution in [2.24, 2.45) is 5.92 Å². The number of rotatable bonds is 3. The van der Waals surface area contributed by atoms with Crippen molar-refractivity contribution in [3.8, 4) is 0 Å². The molecule has 0 radical (unpaired) electrons. The Morgan fingerprint density at radius 2 is 1.90 bits per heavy atom. The van der Waals surface area contributed by atoms with Crippen molar-refractivity contribution >= 4 is 11.9 Å². The highest BCUT2D eigenvalue weighted by molar-refractivity contribution is 5.87. The molecule has 114 valence electrons. The van der Waals surface area contributed by atoms with Crippen LogP contribution >= 0.6 is 0 Å². The first-order valence-corrected chi connectivity index (χ1v) is 7.34. The van der Waals surface area contributed by atoms with E-state index < -0.39 is 17.9 Å². The summed E-state index contributed by atoms with van der Waals surface area (Å²) >= 11 is 0. The van der Waals surface area contributed by atoms with Gasteiger partial charge in [0.2, 0.25) is 0 Å². The van der Waals surface area contributed by atoms with E-state index in [-0.39, 0.29) is 11.6 Å². The number of aromatic carboxylic acids is 1. The van der Waals surface area contributed by atoms with E-state index in [0.29, 0.717) is 25.1 Å². The molecule has 1 saturated heterocycles. The molecule has 21 heavy (non-hydrogen) atoms. The van der Waals surface area contributed by atoms with Gasteiger partial charge in [0.1, 0.15) is 5.82 Å². The maximum atomic E-state index is 11.4. The Hall–Kier alpha value is -1.89. The Kier molecular flexibility index (Phi) is 3.67. The molecule has 7 nitrogen and oxygen atoms in total. The zero-order chi connectivity index (χ0) is 15.0. The van der Waals surface area contributed by atoms with Gasteiger partial charge in [-0.3, -0.25) is 4.79 Å². The van der Waals surface area contributed by atoms with Gasteiger partial charge in [-0.25, -0.2) is 9.78 Å². The molecule has 1 aromatic heterocycles. The monoisotopic (exact) mass is 293 g/mol. The SMILES string of the molecule is O=C(O)c1nc(C2CCNCC2)n2c1CCC(C(=O)O)C2. The predicted octanol–water partition coefficient (Wildman–Crippen LogP) is 0.695. The minimum absolute atomic E-state index is 0.104. The largest absolute Gasteiger partial charge is 0.481 e. The van der Waals surface area contributed by atoms with E-state index in [1.807, 2.05) is 4.57 Å². The first-order chi connectivity index (χ1) is 10.1. The fourth-order valence-corrected chi connectivity index (χ4v) is 3.35. The van der Waals surface area contributed by atoms with Gasteiger partial charge in [-0.15, -0.1) is 0 Å². The summed E-state index contributed by atoms with van der Waals surface area (Å²) in [6.07, 6.45) is 2.77. The van der Waals surface area contributed by atoms with Crippen molar-refractivity contribution in [1.29, 1.82) is 0 Å². The number of hydrogen-bond acceptors (Lipinski definition) is 4. The third-order valence-electron chi connectivity index (χ3n) is 4.49. The molecule has 1 unspecified atom stereocenters. The fourth-order valence-electron chi connectivity index (χ4n) is 3.35. The first-order valence-electron chi connectivity index (χ1n) is 7.34. The number of aliphatic carboxylic acids is 1. The highest BCUT2D eigenvalue weighted by atomic mass is 16.4. The summed E-state index contributed by atoms with van der Waals surface area (Å²) in [5.74, 6) is -1.32. The second-order valence-electron chi connectivity index (χ2n) is 5.78. The molecule has 2 aliphatic rings. The quantitative estimate of drug-likeness (QED) is 0.757. The van der Waals surface area contributed by atoms with E-state index in [1.54, 1.807) is 0 Å². The zero-order valence-electron chi connectivity index (χ0n) is 11.7. The van der Waals surface area contributed by atoms with E-state index in [9.17, 15) is 19.8 Å². The van der Waals surface area contributed by atoms with Gasteiger partial charge in [-0.2, -0.15) is 0 Å². The molecule has 0 aromatic carbocycles. The molecular formula is C14H19N3O4. The Balaban J connectivity index is 1.99. The number of aromatic nitrogens is 2. The first kappa shape index (κ1) is 14.1. The van der Waals surface area contributed by atoms with Gasteiger partial charge in [-0.05, 0) is 38.8 Å². The molecule has 0 saturated carbocycles. The molecule has 1 aromatic rings. The van der Waals surface area contributed by atoms with Crippen LogP contribution in [0.1, 0.15) is 47.2 Å². The Morgan fingerprint density at radius 1 is 1.19 bits per heavy atom. The normalized spacial score (nSPS) is 22.8. The average Bonchev–Trinajstić information content (AvgIpc) is 2.87. The Labute approximate surface area is 122 Å². The summed E-state index contributed by atoms with van der Waals surface area (Å²) in [5.41, 5.74) is 0.793. The highest BCUT2D eigenvalue weighted by Crippen LogP contribution is 2.31. The van der Waals surface area contributed by atoms with Gasteiger partial charge in [-0.1, -0.05) is 0 Å². The van der Waals surface area contributed by atoms with Gasteiger partial charge >= 0.3 is 11.9 Å². The summed E-state index contributed by atoms with van der Waals surface area (Å²) in [5, 5.41) is 21.8. The molecule has 3 N–H and O–H groups in total. The molecule has 0 amide bonds. The molecule has 7 heteroatoms. The van der Waals surface area contributed by atoms with Gasteiger partial charge in [0.05, 0.1) is 11.6 Å². The Morgan fingerprint density at radius 3 is 2.52 bits per heavy atom. The number of fused-ring (bicyclic) bond motifs is 1. The van der Waals surface area contributed by atoms with E-state index in [4.69, 9.17) is 0 Å². The summed E-state index contributed by atoms with van der Waals surface area (Å²) in [7, 11) is 0. The lowest BCUT2D eigenvalue weighted by Crippen LogP contribution is -2.31. The molecule has 2 aliphatic heterocycles. The summed E-state index contributed by atoms with van der Waals surface area (Å²) in [6, 6.07) is 0. The van der Waals surface area contributed by atoms with Crippen LogP contribution < -0.4 is 5.32 Å². The maximum absolute atomic E-state index is 11.4. The molecular weight excluding hydrogens is 274 g/mol. The van der Waals surface area contributed by atoms with Crippen molar-refractivity contribution in [1.82, 2.24) is 14.9 Å². The maximum Gasteiger partial charge on any atom is 0.356 e. The van der Waals surface area contributed by atoms with E-state index in [0.717, 1.165) is 31.8 Å². The number of hydrogen-bond donors (Lipinski definition) is 3. The summed E-state index contributed by atoms with van der Waals surface area (Å²) < 4.78 is 1.86. The van der Waals surface area contributed by atoms with Crippen LogP contribution in [0.4, 0.5) is 0 Å².